The molecule has 0 atom stereocenters. The van der Waals surface area contributed by atoms with Crippen molar-refractivity contribution >= 4 is 33.2 Å². The zero-order valence-corrected chi connectivity index (χ0v) is 11.7. The van der Waals surface area contributed by atoms with Gasteiger partial charge in [0.15, 0.2) is 5.82 Å². The van der Waals surface area contributed by atoms with E-state index in [0.29, 0.717) is 11.8 Å². The highest BCUT2D eigenvalue weighted by molar-refractivity contribution is 9.10. The lowest BCUT2D eigenvalue weighted by atomic mass is 10.1. The number of carbonyl (C=O) groups is 1. The number of para-hydroxylation sites is 1. The van der Waals surface area contributed by atoms with Gasteiger partial charge in [0.1, 0.15) is 5.82 Å². The lowest BCUT2D eigenvalue weighted by Crippen LogP contribution is -2.18. The maximum Gasteiger partial charge on any atom is 0.257 e. The summed E-state index contributed by atoms with van der Waals surface area (Å²) in [4.78, 5) is 12.1. The fourth-order valence-electron chi connectivity index (χ4n) is 1.65. The minimum atomic E-state index is -0.872. The van der Waals surface area contributed by atoms with Crippen LogP contribution in [0.2, 0.25) is 0 Å². The number of carbonyl (C=O) groups excluding carboxylic acids is 1. The standard InChI is InChI=1S/C13H10BrF2N3O/c14-9-5-7(15)6-10(16)12(9)18-13(20)8-3-1-2-4-11(8)19-17/h1-6,19H,17H2,(H,18,20). The molecule has 0 heterocycles. The number of nitrogen functional groups attached to an aromatic ring is 1. The lowest BCUT2D eigenvalue weighted by Gasteiger charge is -2.11. The molecule has 0 aliphatic carbocycles. The van der Waals surface area contributed by atoms with Crippen molar-refractivity contribution in [2.24, 2.45) is 5.84 Å². The summed E-state index contributed by atoms with van der Waals surface area (Å²) in [5.74, 6) is 3.12. The Balaban J connectivity index is 2.33. The summed E-state index contributed by atoms with van der Waals surface area (Å²) in [6, 6.07) is 8.22. The first-order valence-corrected chi connectivity index (χ1v) is 6.33. The average Bonchev–Trinajstić information content (AvgIpc) is 2.42. The average molecular weight is 342 g/mol. The van der Waals surface area contributed by atoms with E-state index in [2.05, 4.69) is 26.7 Å². The van der Waals surface area contributed by atoms with E-state index in [0.717, 1.165) is 6.07 Å². The summed E-state index contributed by atoms with van der Waals surface area (Å²) in [7, 11) is 0. The number of nitrogens with one attached hydrogen (secondary N) is 2. The predicted molar refractivity (Wildman–Crippen MR) is 76.3 cm³/mol. The Morgan fingerprint density at radius 3 is 2.55 bits per heavy atom. The maximum absolute atomic E-state index is 13.6. The zero-order chi connectivity index (χ0) is 14.7. The minimum Gasteiger partial charge on any atom is -0.323 e. The van der Waals surface area contributed by atoms with Gasteiger partial charge in [-0.2, -0.15) is 0 Å². The summed E-state index contributed by atoms with van der Waals surface area (Å²) in [6.07, 6.45) is 0. The molecule has 0 aromatic heterocycles. The summed E-state index contributed by atoms with van der Waals surface area (Å²) < 4.78 is 26.7. The van der Waals surface area contributed by atoms with Gasteiger partial charge in [-0.15, -0.1) is 0 Å². The van der Waals surface area contributed by atoms with Crippen LogP contribution in [0.1, 0.15) is 10.4 Å². The van der Waals surface area contributed by atoms with Crippen molar-refractivity contribution < 1.29 is 13.6 Å². The highest BCUT2D eigenvalue weighted by Crippen LogP contribution is 2.28. The first-order chi connectivity index (χ1) is 9.52. The maximum atomic E-state index is 13.6. The van der Waals surface area contributed by atoms with Crippen molar-refractivity contribution in [1.82, 2.24) is 0 Å². The number of halogens is 3. The number of amides is 1. The first-order valence-electron chi connectivity index (χ1n) is 5.54. The summed E-state index contributed by atoms with van der Waals surface area (Å²) in [5, 5.41) is 2.37. The molecule has 1 amide bonds. The molecule has 0 saturated carbocycles. The third kappa shape index (κ3) is 2.94. The molecule has 20 heavy (non-hydrogen) atoms. The molecule has 0 saturated heterocycles. The fraction of sp³-hybridized carbons (Fsp3) is 0. The van der Waals surface area contributed by atoms with Crippen LogP contribution in [-0.2, 0) is 0 Å². The summed E-state index contributed by atoms with van der Waals surface area (Å²) in [6.45, 7) is 0. The van der Waals surface area contributed by atoms with Crippen LogP contribution < -0.4 is 16.6 Å². The zero-order valence-electron chi connectivity index (χ0n) is 10.1. The molecule has 104 valence electrons. The highest BCUT2D eigenvalue weighted by Gasteiger charge is 2.15. The largest absolute Gasteiger partial charge is 0.323 e. The first kappa shape index (κ1) is 14.4. The van der Waals surface area contributed by atoms with Gasteiger partial charge in [-0.25, -0.2) is 8.78 Å². The van der Waals surface area contributed by atoms with Crippen LogP contribution in [0.25, 0.3) is 0 Å². The Bertz CT molecular complexity index is 641. The Hall–Kier alpha value is -1.99. The van der Waals surface area contributed by atoms with E-state index in [1.165, 1.54) is 6.07 Å². The third-order valence-electron chi connectivity index (χ3n) is 2.57. The Morgan fingerprint density at radius 2 is 1.90 bits per heavy atom. The number of hydrogen-bond acceptors (Lipinski definition) is 3. The quantitative estimate of drug-likeness (QED) is 0.592. The SMILES string of the molecule is NNc1ccccc1C(=O)Nc1c(F)cc(F)cc1Br. The molecule has 4 N–H and O–H groups in total. The Morgan fingerprint density at radius 1 is 1.20 bits per heavy atom. The monoisotopic (exact) mass is 341 g/mol. The van der Waals surface area contributed by atoms with E-state index in [1.807, 2.05) is 0 Å². The number of hydrogen-bond donors (Lipinski definition) is 3. The lowest BCUT2D eigenvalue weighted by molar-refractivity contribution is 0.102. The van der Waals surface area contributed by atoms with Gasteiger partial charge >= 0.3 is 0 Å². The van der Waals surface area contributed by atoms with Crippen LogP contribution in [0.3, 0.4) is 0 Å². The number of anilines is 2. The smallest absolute Gasteiger partial charge is 0.257 e. The highest BCUT2D eigenvalue weighted by atomic mass is 79.9. The van der Waals surface area contributed by atoms with Crippen LogP contribution in [0.15, 0.2) is 40.9 Å². The number of hydrazine groups is 1. The summed E-state index contributed by atoms with van der Waals surface area (Å²) >= 11 is 3.00. The van der Waals surface area contributed by atoms with Crippen molar-refractivity contribution in [3.63, 3.8) is 0 Å². The molecule has 0 bridgehead atoms. The molecule has 0 spiro atoms. The molecule has 2 aromatic rings. The van der Waals surface area contributed by atoms with Crippen molar-refractivity contribution in [3.05, 3.63) is 58.1 Å². The molecule has 0 aliphatic heterocycles. The van der Waals surface area contributed by atoms with E-state index in [-0.39, 0.29) is 15.7 Å². The normalized spacial score (nSPS) is 10.2. The van der Waals surface area contributed by atoms with E-state index in [4.69, 9.17) is 5.84 Å². The van der Waals surface area contributed by atoms with E-state index >= 15 is 0 Å². The van der Waals surface area contributed by atoms with E-state index < -0.39 is 17.5 Å². The Kier molecular flexibility index (Phi) is 4.31. The van der Waals surface area contributed by atoms with Crippen LogP contribution >= 0.6 is 15.9 Å². The van der Waals surface area contributed by atoms with Gasteiger partial charge in [0.05, 0.1) is 16.9 Å². The molecule has 0 fully saturated rings. The van der Waals surface area contributed by atoms with Crippen molar-refractivity contribution in [3.8, 4) is 0 Å². The van der Waals surface area contributed by atoms with E-state index in [1.54, 1.807) is 18.2 Å². The second-order valence-corrected chi connectivity index (χ2v) is 4.74. The van der Waals surface area contributed by atoms with Crippen LogP contribution in [0, 0.1) is 11.6 Å². The number of nitrogens with two attached hydrogens (primary N) is 1. The number of rotatable bonds is 3. The van der Waals surface area contributed by atoms with E-state index in [9.17, 15) is 13.6 Å². The van der Waals surface area contributed by atoms with Gasteiger partial charge in [0, 0.05) is 10.5 Å². The van der Waals surface area contributed by atoms with Crippen LogP contribution in [0.5, 0.6) is 0 Å². The van der Waals surface area contributed by atoms with Crippen LogP contribution in [-0.4, -0.2) is 5.91 Å². The minimum absolute atomic E-state index is 0.113. The second-order valence-electron chi connectivity index (χ2n) is 3.89. The number of benzene rings is 2. The van der Waals surface area contributed by atoms with Gasteiger partial charge in [-0.05, 0) is 34.1 Å². The van der Waals surface area contributed by atoms with Crippen molar-refractivity contribution in [2.45, 2.75) is 0 Å². The van der Waals surface area contributed by atoms with Crippen molar-refractivity contribution in [1.29, 1.82) is 0 Å². The molecule has 7 heteroatoms. The van der Waals surface area contributed by atoms with Crippen molar-refractivity contribution in [2.75, 3.05) is 10.7 Å². The molecule has 2 rings (SSSR count). The molecule has 0 unspecified atom stereocenters. The molecule has 2 aromatic carbocycles. The molecular formula is C13H10BrF2N3O. The topological polar surface area (TPSA) is 67.1 Å². The molecule has 0 radical (unpaired) electrons. The van der Waals surface area contributed by atoms with Gasteiger partial charge < -0.3 is 10.7 Å². The molecule has 0 aliphatic rings. The van der Waals surface area contributed by atoms with Gasteiger partial charge in [-0.3, -0.25) is 10.6 Å². The molecular weight excluding hydrogens is 332 g/mol. The van der Waals surface area contributed by atoms with Gasteiger partial charge in [0.25, 0.3) is 5.91 Å². The summed E-state index contributed by atoms with van der Waals surface area (Å²) in [5.41, 5.74) is 2.87. The molecule has 4 nitrogen and oxygen atoms in total. The second kappa shape index (κ2) is 5.98. The predicted octanol–water partition coefficient (Wildman–Crippen LogP) is 3.27. The van der Waals surface area contributed by atoms with Gasteiger partial charge in [-0.1, -0.05) is 12.1 Å². The Labute approximate surface area is 122 Å². The fourth-order valence-corrected chi connectivity index (χ4v) is 2.16. The third-order valence-corrected chi connectivity index (χ3v) is 3.20. The van der Waals surface area contributed by atoms with Gasteiger partial charge in [0.2, 0.25) is 0 Å². The van der Waals surface area contributed by atoms with Crippen LogP contribution in [0.4, 0.5) is 20.2 Å².